The third-order valence-electron chi connectivity index (χ3n) is 5.37. The van der Waals surface area contributed by atoms with E-state index >= 15 is 0 Å². The Hall–Kier alpha value is -4.65. The summed E-state index contributed by atoms with van der Waals surface area (Å²) in [5.74, 6) is 0.701. The van der Waals surface area contributed by atoms with E-state index in [1.54, 1.807) is 36.4 Å². The fourth-order valence-corrected chi connectivity index (χ4v) is 3.57. The van der Waals surface area contributed by atoms with Gasteiger partial charge >= 0.3 is 5.97 Å². The zero-order chi connectivity index (χ0) is 25.3. The maximum absolute atomic E-state index is 12.8. The smallest absolute Gasteiger partial charge is 0.343 e. The number of esters is 1. The number of hydrazone groups is 1. The Balaban J connectivity index is 1.49. The van der Waals surface area contributed by atoms with Gasteiger partial charge in [-0.05, 0) is 66.6 Å². The Morgan fingerprint density at radius 1 is 0.861 bits per heavy atom. The molecule has 4 aromatic carbocycles. The molecule has 4 rings (SSSR count). The molecule has 1 N–H and O–H groups in total. The fourth-order valence-electron chi connectivity index (χ4n) is 3.57. The first-order valence-electron chi connectivity index (χ1n) is 11.5. The highest BCUT2D eigenvalue weighted by Crippen LogP contribution is 2.27. The maximum Gasteiger partial charge on any atom is 0.343 e. The Labute approximate surface area is 209 Å². The van der Waals surface area contributed by atoms with Crippen molar-refractivity contribution in [1.82, 2.24) is 5.43 Å². The van der Waals surface area contributed by atoms with Gasteiger partial charge in [-0.2, -0.15) is 5.10 Å². The molecule has 0 spiro atoms. The molecule has 0 aliphatic carbocycles. The molecule has 4 aromatic rings. The topological polar surface area (TPSA) is 86.2 Å². The molecule has 36 heavy (non-hydrogen) atoms. The van der Waals surface area contributed by atoms with Crippen LogP contribution in [0.1, 0.15) is 28.4 Å². The number of amides is 1. The van der Waals surface area contributed by atoms with Gasteiger partial charge in [0.2, 0.25) is 0 Å². The number of hydrogen-bond acceptors (Lipinski definition) is 6. The van der Waals surface area contributed by atoms with Gasteiger partial charge < -0.3 is 14.2 Å². The van der Waals surface area contributed by atoms with E-state index in [9.17, 15) is 9.59 Å². The van der Waals surface area contributed by atoms with Crippen molar-refractivity contribution in [1.29, 1.82) is 0 Å². The average molecular weight is 483 g/mol. The quantitative estimate of drug-likeness (QED) is 0.152. The van der Waals surface area contributed by atoms with Crippen LogP contribution in [-0.4, -0.2) is 31.3 Å². The summed E-state index contributed by atoms with van der Waals surface area (Å²) in [4.78, 5) is 25.1. The molecule has 0 aliphatic heterocycles. The monoisotopic (exact) mass is 482 g/mol. The van der Waals surface area contributed by atoms with E-state index in [1.807, 2.05) is 62.4 Å². The molecule has 1 amide bonds. The van der Waals surface area contributed by atoms with E-state index in [1.165, 1.54) is 6.21 Å². The Kier molecular flexibility index (Phi) is 7.93. The van der Waals surface area contributed by atoms with Gasteiger partial charge in [-0.15, -0.1) is 0 Å². The summed E-state index contributed by atoms with van der Waals surface area (Å²) in [6, 6.07) is 25.4. The van der Waals surface area contributed by atoms with Crippen molar-refractivity contribution in [2.75, 3.05) is 13.2 Å². The van der Waals surface area contributed by atoms with Gasteiger partial charge in [0.25, 0.3) is 5.91 Å². The van der Waals surface area contributed by atoms with Crippen molar-refractivity contribution in [3.05, 3.63) is 102 Å². The first-order chi connectivity index (χ1) is 17.5. The summed E-state index contributed by atoms with van der Waals surface area (Å²) in [6.45, 7) is 4.15. The van der Waals surface area contributed by atoms with Crippen LogP contribution in [0.5, 0.6) is 17.2 Å². The molecule has 0 unspecified atom stereocenters. The molecule has 0 aromatic heterocycles. The van der Waals surface area contributed by atoms with E-state index in [2.05, 4.69) is 10.5 Å². The molecule has 0 saturated carbocycles. The molecule has 0 saturated heterocycles. The number of carbonyl (C=O) groups is 2. The number of benzene rings is 4. The average Bonchev–Trinajstić information content (AvgIpc) is 2.90. The van der Waals surface area contributed by atoms with E-state index in [4.69, 9.17) is 14.2 Å². The van der Waals surface area contributed by atoms with E-state index in [0.717, 1.165) is 16.3 Å². The predicted octanol–water partition coefficient (Wildman–Crippen LogP) is 5.30. The maximum atomic E-state index is 12.8. The highest BCUT2D eigenvalue weighted by atomic mass is 16.5. The van der Waals surface area contributed by atoms with Crippen molar-refractivity contribution in [3.63, 3.8) is 0 Å². The third-order valence-corrected chi connectivity index (χ3v) is 5.37. The molecule has 182 valence electrons. The number of para-hydroxylation sites is 1. The zero-order valence-electron chi connectivity index (χ0n) is 20.1. The summed E-state index contributed by atoms with van der Waals surface area (Å²) in [7, 11) is 0. The summed E-state index contributed by atoms with van der Waals surface area (Å²) in [5, 5.41) is 5.85. The molecular formula is C29H26N2O5. The lowest BCUT2D eigenvalue weighted by Crippen LogP contribution is -2.24. The van der Waals surface area contributed by atoms with Gasteiger partial charge in [0, 0.05) is 5.56 Å². The van der Waals surface area contributed by atoms with Crippen LogP contribution in [0.2, 0.25) is 0 Å². The van der Waals surface area contributed by atoms with E-state index in [0.29, 0.717) is 35.0 Å². The van der Waals surface area contributed by atoms with Gasteiger partial charge in [0.15, 0.2) is 6.61 Å². The fraction of sp³-hybridized carbons (Fsp3) is 0.138. The number of nitrogens with zero attached hydrogens (tertiary/aromatic N) is 1. The number of carbonyl (C=O) groups excluding carboxylic acids is 2. The Morgan fingerprint density at radius 2 is 1.61 bits per heavy atom. The molecule has 0 heterocycles. The van der Waals surface area contributed by atoms with E-state index < -0.39 is 11.9 Å². The van der Waals surface area contributed by atoms with Crippen molar-refractivity contribution < 1.29 is 23.8 Å². The van der Waals surface area contributed by atoms with Crippen LogP contribution >= 0.6 is 0 Å². The number of aryl methyl sites for hydroxylation is 1. The van der Waals surface area contributed by atoms with Crippen LogP contribution in [0.15, 0.2) is 90.0 Å². The minimum Gasteiger partial charge on any atom is -0.494 e. The van der Waals surface area contributed by atoms with Crippen molar-refractivity contribution in [2.45, 2.75) is 13.8 Å². The minimum atomic E-state index is -0.515. The first kappa shape index (κ1) is 24.5. The lowest BCUT2D eigenvalue weighted by atomic mass is 10.0. The number of ether oxygens (including phenoxy) is 3. The number of fused-ring (bicyclic) bond motifs is 1. The molecule has 0 fully saturated rings. The number of hydrogen-bond donors (Lipinski definition) is 1. The highest BCUT2D eigenvalue weighted by Gasteiger charge is 2.14. The Morgan fingerprint density at radius 3 is 2.39 bits per heavy atom. The van der Waals surface area contributed by atoms with Gasteiger partial charge in [-0.25, -0.2) is 10.2 Å². The van der Waals surface area contributed by atoms with Crippen LogP contribution in [0.4, 0.5) is 0 Å². The second-order valence-corrected chi connectivity index (χ2v) is 7.89. The highest BCUT2D eigenvalue weighted by molar-refractivity contribution is 6.04. The molecule has 0 aliphatic rings. The molecule has 0 atom stereocenters. The van der Waals surface area contributed by atoms with Crippen LogP contribution in [0.3, 0.4) is 0 Å². The van der Waals surface area contributed by atoms with E-state index in [-0.39, 0.29) is 6.61 Å². The van der Waals surface area contributed by atoms with Gasteiger partial charge in [-0.1, -0.05) is 48.5 Å². The van der Waals surface area contributed by atoms with Crippen LogP contribution in [0.25, 0.3) is 10.8 Å². The molecule has 0 bridgehead atoms. The molecule has 0 radical (unpaired) electrons. The van der Waals surface area contributed by atoms with Gasteiger partial charge in [-0.3, -0.25) is 4.79 Å². The molecule has 7 heteroatoms. The van der Waals surface area contributed by atoms with Crippen LogP contribution < -0.4 is 19.6 Å². The molecule has 7 nitrogen and oxygen atoms in total. The van der Waals surface area contributed by atoms with Gasteiger partial charge in [0.1, 0.15) is 17.2 Å². The molecular weight excluding hydrogens is 456 g/mol. The summed E-state index contributed by atoms with van der Waals surface area (Å²) < 4.78 is 16.7. The van der Waals surface area contributed by atoms with Crippen molar-refractivity contribution in [2.24, 2.45) is 5.10 Å². The Bertz CT molecular complexity index is 1400. The summed E-state index contributed by atoms with van der Waals surface area (Å²) >= 11 is 0. The largest absolute Gasteiger partial charge is 0.494 e. The third kappa shape index (κ3) is 6.07. The summed E-state index contributed by atoms with van der Waals surface area (Å²) in [5.41, 5.74) is 4.35. The van der Waals surface area contributed by atoms with Crippen molar-refractivity contribution >= 4 is 28.9 Å². The lowest BCUT2D eigenvalue weighted by Gasteiger charge is -2.11. The second-order valence-electron chi connectivity index (χ2n) is 7.89. The number of nitrogens with one attached hydrogen (secondary N) is 1. The lowest BCUT2D eigenvalue weighted by molar-refractivity contribution is -0.123. The van der Waals surface area contributed by atoms with Crippen LogP contribution in [-0.2, 0) is 4.79 Å². The zero-order valence-corrected chi connectivity index (χ0v) is 20.1. The van der Waals surface area contributed by atoms with Gasteiger partial charge in [0.05, 0.1) is 18.4 Å². The standard InChI is InChI=1S/C29H26N2O5/c1-3-34-23-15-12-22(13-16-23)29(33)36-27-17-14-21-9-5-6-10-24(21)25(27)18-30-31-28(32)19-35-26-11-7-4-8-20(26)2/h4-18H,3,19H2,1-2H3,(H,31,32)/b30-18-. The first-order valence-corrected chi connectivity index (χ1v) is 11.5. The van der Waals surface area contributed by atoms with Crippen LogP contribution in [0, 0.1) is 6.92 Å². The number of rotatable bonds is 9. The second kappa shape index (κ2) is 11.7. The predicted molar refractivity (Wildman–Crippen MR) is 139 cm³/mol. The summed E-state index contributed by atoms with van der Waals surface area (Å²) in [6.07, 6.45) is 1.47. The normalized spacial score (nSPS) is 10.8. The van der Waals surface area contributed by atoms with Crippen molar-refractivity contribution in [3.8, 4) is 17.2 Å². The SMILES string of the molecule is CCOc1ccc(C(=O)Oc2ccc3ccccc3c2/C=N\NC(=O)COc2ccccc2C)cc1. The minimum absolute atomic E-state index is 0.183.